The van der Waals surface area contributed by atoms with Crippen molar-refractivity contribution in [3.05, 3.63) is 127 Å². The van der Waals surface area contributed by atoms with Gasteiger partial charge in [0.25, 0.3) is 17.7 Å². The predicted molar refractivity (Wildman–Crippen MR) is 217 cm³/mol. The minimum Gasteiger partial charge on any atom is -0.376 e. The third-order valence-electron chi connectivity index (χ3n) is 9.85. The van der Waals surface area contributed by atoms with E-state index in [4.69, 9.17) is 0 Å². The summed E-state index contributed by atoms with van der Waals surface area (Å²) in [5, 5.41) is 2.14. The molecule has 0 atom stereocenters. The summed E-state index contributed by atoms with van der Waals surface area (Å²) in [7, 11) is 8.95. The second-order valence-electron chi connectivity index (χ2n) is 13.2. The van der Waals surface area contributed by atoms with Gasteiger partial charge in [0.05, 0.1) is 64.6 Å². The van der Waals surface area contributed by atoms with Crippen LogP contribution in [-0.2, 0) is 19.2 Å². The normalized spacial score (nSPS) is 17.2. The van der Waals surface area contributed by atoms with Crippen molar-refractivity contribution in [1.82, 2.24) is 19.6 Å². The summed E-state index contributed by atoms with van der Waals surface area (Å²) in [6.45, 7) is 0. The zero-order valence-electron chi connectivity index (χ0n) is 29.2. The van der Waals surface area contributed by atoms with E-state index in [1.807, 2.05) is 104 Å². The second kappa shape index (κ2) is 12.3. The fourth-order valence-corrected chi connectivity index (χ4v) is 12.0. The lowest BCUT2D eigenvalue weighted by molar-refractivity contribution is -0.123. The smallest absolute Gasteiger partial charge is 0.261 e. The molecule has 9 rings (SSSR count). The number of aldehydes is 1. The fourth-order valence-electron chi connectivity index (χ4n) is 7.39. The summed E-state index contributed by atoms with van der Waals surface area (Å²) >= 11 is 6.17. The molecule has 0 spiro atoms. The number of hydrogen-bond donors (Lipinski definition) is 0. The Balaban J connectivity index is 1.11. The molecule has 0 N–H and O–H groups in total. The SMILES string of the molecule is CN1C(=O)C2=C(c3cc4ccccc4s3)N(C)C(=O)C2=C1c1ccc(-c2ccc(/C(=C3\C(=O)N(C)C(c4cc5ccccc5s4)=C3C=O)N(C)C)s2)s1. The summed E-state index contributed by atoms with van der Waals surface area (Å²) < 4.78 is 2.18. The first-order valence-corrected chi connectivity index (χ1v) is 20.0. The molecule has 0 unspecified atom stereocenters. The molecular formula is C41H30N4O4S4. The standard InChI is InChI=1S/C41H30N4O4S4/c1-42(2)36(32-23(20-46)35(43(3)39(32)47)30-18-21-10-6-8-12-24(21)50-30)28-16-14-26(52-28)27-15-17-29(53-27)37-33-34(41(49)44(37)4)38(45(5)40(33)48)31-19-22-11-7-9-13-25(22)51-31/h6-20H,1-5H3/b36-32+. The summed E-state index contributed by atoms with van der Waals surface area (Å²) in [5.74, 6) is -0.629. The van der Waals surface area contributed by atoms with Gasteiger partial charge >= 0.3 is 0 Å². The first kappa shape index (κ1) is 33.4. The molecule has 7 heterocycles. The van der Waals surface area contributed by atoms with Crippen LogP contribution in [-0.4, -0.2) is 78.8 Å². The molecule has 12 heteroatoms. The maximum Gasteiger partial charge on any atom is 0.261 e. The van der Waals surface area contributed by atoms with Gasteiger partial charge in [-0.3, -0.25) is 19.2 Å². The molecule has 0 saturated heterocycles. The largest absolute Gasteiger partial charge is 0.376 e. The molecule has 4 aromatic heterocycles. The molecule has 0 bridgehead atoms. The van der Waals surface area contributed by atoms with E-state index in [1.165, 1.54) is 22.7 Å². The van der Waals surface area contributed by atoms with Gasteiger partial charge in [-0.05, 0) is 59.3 Å². The number of thiophene rings is 4. The van der Waals surface area contributed by atoms with Crippen LogP contribution in [0.5, 0.6) is 0 Å². The van der Waals surface area contributed by atoms with Crippen LogP contribution in [0, 0.1) is 0 Å². The number of likely N-dealkylation sites (N-methyl/N-ethyl adjacent to an activating group) is 3. The molecule has 2 aromatic carbocycles. The first-order valence-electron chi connectivity index (χ1n) is 16.7. The minimum atomic E-state index is -0.232. The van der Waals surface area contributed by atoms with E-state index in [1.54, 1.807) is 58.5 Å². The number of fused-ring (bicyclic) bond motifs is 3. The molecule has 3 aliphatic heterocycles. The van der Waals surface area contributed by atoms with Crippen molar-refractivity contribution < 1.29 is 19.2 Å². The lowest BCUT2D eigenvalue weighted by Gasteiger charge is -2.19. The summed E-state index contributed by atoms with van der Waals surface area (Å²) in [5.41, 5.74) is 4.15. The van der Waals surface area contributed by atoms with Crippen molar-refractivity contribution in [2.45, 2.75) is 0 Å². The zero-order chi connectivity index (χ0) is 36.9. The maximum absolute atomic E-state index is 14.0. The Morgan fingerprint density at radius 3 is 1.62 bits per heavy atom. The minimum absolute atomic E-state index is 0.198. The number of carbonyl (C=O) groups is 4. The number of rotatable bonds is 7. The molecule has 3 amide bonds. The Hall–Kier alpha value is -5.40. The second-order valence-corrected chi connectivity index (χ2v) is 17.5. The predicted octanol–water partition coefficient (Wildman–Crippen LogP) is 8.33. The van der Waals surface area contributed by atoms with Crippen LogP contribution in [0.2, 0.25) is 0 Å². The monoisotopic (exact) mass is 770 g/mol. The third kappa shape index (κ3) is 4.97. The Morgan fingerprint density at radius 2 is 1.06 bits per heavy atom. The average Bonchev–Trinajstić information content (AvgIpc) is 4.01. The van der Waals surface area contributed by atoms with E-state index in [9.17, 15) is 19.2 Å². The molecule has 3 aliphatic rings. The molecular weight excluding hydrogens is 741 g/mol. The van der Waals surface area contributed by atoms with Crippen LogP contribution in [0.4, 0.5) is 0 Å². The van der Waals surface area contributed by atoms with Gasteiger partial charge in [-0.15, -0.1) is 45.3 Å². The van der Waals surface area contributed by atoms with Crippen LogP contribution < -0.4 is 0 Å². The van der Waals surface area contributed by atoms with Crippen molar-refractivity contribution in [3.8, 4) is 9.75 Å². The Bertz CT molecular complexity index is 2680. The molecule has 0 radical (unpaired) electrons. The van der Waals surface area contributed by atoms with Crippen LogP contribution >= 0.6 is 45.3 Å². The van der Waals surface area contributed by atoms with Crippen LogP contribution in [0.1, 0.15) is 19.5 Å². The van der Waals surface area contributed by atoms with Gasteiger partial charge in [0.15, 0.2) is 6.29 Å². The lowest BCUT2D eigenvalue weighted by atomic mass is 10.0. The van der Waals surface area contributed by atoms with Crippen LogP contribution in [0.3, 0.4) is 0 Å². The number of hydrogen-bond acceptors (Lipinski definition) is 9. The van der Waals surface area contributed by atoms with E-state index in [0.717, 1.165) is 55.7 Å². The van der Waals surface area contributed by atoms with E-state index in [2.05, 4.69) is 0 Å². The summed E-state index contributed by atoms with van der Waals surface area (Å²) in [4.78, 5) is 66.5. The molecule has 262 valence electrons. The van der Waals surface area contributed by atoms with Gasteiger partial charge < -0.3 is 19.6 Å². The molecule has 8 nitrogen and oxygen atoms in total. The number of nitrogens with zero attached hydrogens (tertiary/aromatic N) is 4. The molecule has 0 fully saturated rings. The van der Waals surface area contributed by atoms with Crippen molar-refractivity contribution in [3.63, 3.8) is 0 Å². The molecule has 53 heavy (non-hydrogen) atoms. The summed E-state index contributed by atoms with van der Waals surface area (Å²) in [6.07, 6.45) is 0.797. The summed E-state index contributed by atoms with van der Waals surface area (Å²) in [6, 6.07) is 28.1. The van der Waals surface area contributed by atoms with Gasteiger partial charge in [-0.25, -0.2) is 0 Å². The maximum atomic E-state index is 14.0. The van der Waals surface area contributed by atoms with E-state index in [0.29, 0.717) is 45.1 Å². The van der Waals surface area contributed by atoms with E-state index >= 15 is 0 Å². The van der Waals surface area contributed by atoms with Crippen molar-refractivity contribution >= 4 is 112 Å². The Kier molecular flexibility index (Phi) is 7.79. The highest BCUT2D eigenvalue weighted by Gasteiger charge is 2.47. The van der Waals surface area contributed by atoms with Crippen molar-refractivity contribution in [1.29, 1.82) is 0 Å². The third-order valence-corrected chi connectivity index (χ3v) is 14.5. The fraction of sp³-hybridized carbons (Fsp3) is 0.122. The lowest BCUT2D eigenvalue weighted by Crippen LogP contribution is -2.24. The molecule has 6 aromatic rings. The average molecular weight is 771 g/mol. The van der Waals surface area contributed by atoms with E-state index in [-0.39, 0.29) is 17.7 Å². The van der Waals surface area contributed by atoms with Gasteiger partial charge in [-0.2, -0.15) is 0 Å². The quantitative estimate of drug-likeness (QED) is 0.121. The van der Waals surface area contributed by atoms with Gasteiger partial charge in [0.2, 0.25) is 0 Å². The first-order chi connectivity index (χ1) is 25.6. The number of amides is 3. The number of benzene rings is 2. The Morgan fingerprint density at radius 1 is 0.566 bits per heavy atom. The van der Waals surface area contributed by atoms with Crippen molar-refractivity contribution in [2.24, 2.45) is 0 Å². The van der Waals surface area contributed by atoms with E-state index < -0.39 is 0 Å². The Labute approximate surface area is 321 Å². The highest BCUT2D eigenvalue weighted by atomic mass is 32.1. The topological polar surface area (TPSA) is 81.2 Å². The van der Waals surface area contributed by atoms with Crippen LogP contribution in [0.25, 0.3) is 52.7 Å². The van der Waals surface area contributed by atoms with Gasteiger partial charge in [0.1, 0.15) is 0 Å². The zero-order valence-corrected chi connectivity index (χ0v) is 32.5. The van der Waals surface area contributed by atoms with Crippen LogP contribution in [0.15, 0.2) is 107 Å². The van der Waals surface area contributed by atoms with Crippen molar-refractivity contribution in [2.75, 3.05) is 35.2 Å². The highest BCUT2D eigenvalue weighted by molar-refractivity contribution is 7.23. The molecule has 0 aliphatic carbocycles. The molecule has 0 saturated carbocycles. The number of carbonyl (C=O) groups excluding carboxylic acids is 4. The van der Waals surface area contributed by atoms with Gasteiger partial charge in [0, 0.05) is 54.4 Å². The highest BCUT2D eigenvalue weighted by Crippen LogP contribution is 2.50. The van der Waals surface area contributed by atoms with Gasteiger partial charge in [-0.1, -0.05) is 36.4 Å².